The van der Waals surface area contributed by atoms with Gasteiger partial charge in [0.1, 0.15) is 6.04 Å². The van der Waals surface area contributed by atoms with Crippen molar-refractivity contribution in [3.63, 3.8) is 0 Å². The molecule has 2 amide bonds. The molecule has 1 heterocycles. The number of imide groups is 1. The zero-order chi connectivity index (χ0) is 14.3. The van der Waals surface area contributed by atoms with Crippen LogP contribution < -0.4 is 11.1 Å². The largest absolute Gasteiger partial charge is 0.480 e. The molecule has 19 heavy (non-hydrogen) atoms. The second kappa shape index (κ2) is 7.27. The Balaban J connectivity index is 0.000000218. The molecular formula is C13H16N2O4. The lowest BCUT2D eigenvalue weighted by atomic mass is 10.1. The van der Waals surface area contributed by atoms with Gasteiger partial charge in [0, 0.05) is 12.8 Å². The molecule has 2 rings (SSSR count). The molecule has 1 aliphatic heterocycles. The Morgan fingerprint density at radius 2 is 1.74 bits per heavy atom. The molecule has 102 valence electrons. The second-order valence-corrected chi connectivity index (χ2v) is 4.11. The Morgan fingerprint density at radius 3 is 2.11 bits per heavy atom. The lowest BCUT2D eigenvalue weighted by Gasteiger charge is -2.04. The molecule has 6 nitrogen and oxygen atoms in total. The van der Waals surface area contributed by atoms with Crippen molar-refractivity contribution in [2.45, 2.75) is 25.3 Å². The van der Waals surface area contributed by atoms with Crippen molar-refractivity contribution in [1.29, 1.82) is 0 Å². The standard InChI is InChI=1S/C9H11NO2.C4H5NO2/c10-8(9(11)12)6-7-4-2-1-3-5-7;6-3-1-2-4(7)5-3/h1-5,8H,6,10H2,(H,11,12);1-2H2,(H,5,6,7). The molecule has 1 aliphatic rings. The van der Waals surface area contributed by atoms with E-state index in [1.807, 2.05) is 30.3 Å². The molecule has 0 aliphatic carbocycles. The van der Waals surface area contributed by atoms with E-state index in [4.69, 9.17) is 10.8 Å². The summed E-state index contributed by atoms with van der Waals surface area (Å²) in [7, 11) is 0. The van der Waals surface area contributed by atoms with Crippen LogP contribution in [0.2, 0.25) is 0 Å². The van der Waals surface area contributed by atoms with E-state index in [1.165, 1.54) is 0 Å². The quantitative estimate of drug-likeness (QED) is 0.669. The normalized spacial score (nSPS) is 15.2. The van der Waals surface area contributed by atoms with Crippen LogP contribution in [0.1, 0.15) is 18.4 Å². The van der Waals surface area contributed by atoms with Gasteiger partial charge in [-0.05, 0) is 12.0 Å². The van der Waals surface area contributed by atoms with Crippen LogP contribution in [-0.2, 0) is 20.8 Å². The SMILES string of the molecule is NC(Cc1ccccc1)C(=O)O.O=C1CCC(=O)N1. The summed E-state index contributed by atoms with van der Waals surface area (Å²) in [4.78, 5) is 30.6. The summed E-state index contributed by atoms with van der Waals surface area (Å²) in [5.41, 5.74) is 6.30. The van der Waals surface area contributed by atoms with Crippen molar-refractivity contribution in [3.8, 4) is 0 Å². The van der Waals surface area contributed by atoms with Crippen molar-refractivity contribution < 1.29 is 19.5 Å². The first kappa shape index (κ1) is 14.8. The van der Waals surface area contributed by atoms with Gasteiger partial charge in [-0.1, -0.05) is 30.3 Å². The first-order valence-corrected chi connectivity index (χ1v) is 5.84. The minimum Gasteiger partial charge on any atom is -0.480 e. The number of carbonyl (C=O) groups is 3. The topological polar surface area (TPSA) is 109 Å². The number of hydrogen-bond acceptors (Lipinski definition) is 4. The molecule has 1 unspecified atom stereocenters. The van der Waals surface area contributed by atoms with Gasteiger partial charge in [-0.15, -0.1) is 0 Å². The smallest absolute Gasteiger partial charge is 0.320 e. The lowest BCUT2D eigenvalue weighted by molar-refractivity contribution is -0.138. The van der Waals surface area contributed by atoms with Crippen molar-refractivity contribution >= 4 is 17.8 Å². The molecule has 1 aromatic rings. The highest BCUT2D eigenvalue weighted by molar-refractivity contribution is 6.01. The maximum Gasteiger partial charge on any atom is 0.320 e. The fourth-order valence-electron chi connectivity index (χ4n) is 1.46. The molecule has 4 N–H and O–H groups in total. The van der Waals surface area contributed by atoms with Crippen LogP contribution in [-0.4, -0.2) is 28.9 Å². The molecule has 0 spiro atoms. The number of amides is 2. The van der Waals surface area contributed by atoms with E-state index >= 15 is 0 Å². The van der Waals surface area contributed by atoms with Crippen LogP contribution in [0, 0.1) is 0 Å². The van der Waals surface area contributed by atoms with Crippen LogP contribution in [0.25, 0.3) is 0 Å². The van der Waals surface area contributed by atoms with Gasteiger partial charge in [0.2, 0.25) is 11.8 Å². The Bertz CT molecular complexity index is 445. The Hall–Kier alpha value is -2.21. The number of nitrogens with one attached hydrogen (secondary N) is 1. The first-order chi connectivity index (χ1) is 8.99. The molecule has 0 saturated carbocycles. The third kappa shape index (κ3) is 5.78. The Morgan fingerprint density at radius 1 is 1.21 bits per heavy atom. The zero-order valence-electron chi connectivity index (χ0n) is 10.3. The van der Waals surface area contributed by atoms with Gasteiger partial charge in [-0.2, -0.15) is 0 Å². The van der Waals surface area contributed by atoms with E-state index in [1.54, 1.807) is 0 Å². The minimum atomic E-state index is -0.959. The van der Waals surface area contributed by atoms with Gasteiger partial charge in [-0.25, -0.2) is 0 Å². The van der Waals surface area contributed by atoms with E-state index < -0.39 is 12.0 Å². The average Bonchev–Trinajstić information content (AvgIpc) is 2.75. The highest BCUT2D eigenvalue weighted by atomic mass is 16.4. The first-order valence-electron chi connectivity index (χ1n) is 5.84. The predicted octanol–water partition coefficient (Wildman–Crippen LogP) is 0.0640. The number of rotatable bonds is 3. The van der Waals surface area contributed by atoms with E-state index in [-0.39, 0.29) is 11.8 Å². The molecule has 1 atom stereocenters. The van der Waals surface area contributed by atoms with E-state index in [0.717, 1.165) is 5.56 Å². The maximum absolute atomic E-state index is 10.4. The summed E-state index contributed by atoms with van der Waals surface area (Å²) in [6.07, 6.45) is 1.13. The van der Waals surface area contributed by atoms with Gasteiger partial charge in [0.25, 0.3) is 0 Å². The average molecular weight is 264 g/mol. The van der Waals surface area contributed by atoms with Gasteiger partial charge in [0.05, 0.1) is 0 Å². The van der Waals surface area contributed by atoms with Crippen LogP contribution in [0.5, 0.6) is 0 Å². The highest BCUT2D eigenvalue weighted by Gasteiger charge is 2.15. The Kier molecular flexibility index (Phi) is 5.69. The second-order valence-electron chi connectivity index (χ2n) is 4.11. The predicted molar refractivity (Wildman–Crippen MR) is 68.1 cm³/mol. The number of carbonyl (C=O) groups excluding carboxylic acids is 2. The lowest BCUT2D eigenvalue weighted by Crippen LogP contribution is -2.32. The van der Waals surface area contributed by atoms with Crippen molar-refractivity contribution in [2.75, 3.05) is 0 Å². The highest BCUT2D eigenvalue weighted by Crippen LogP contribution is 2.01. The summed E-state index contributed by atoms with van der Waals surface area (Å²) in [5, 5.41) is 10.7. The minimum absolute atomic E-state index is 0.148. The number of carboxylic acids is 1. The number of hydrogen-bond donors (Lipinski definition) is 3. The van der Waals surface area contributed by atoms with Gasteiger partial charge >= 0.3 is 5.97 Å². The fourth-order valence-corrected chi connectivity index (χ4v) is 1.46. The maximum atomic E-state index is 10.4. The number of aliphatic carboxylic acids is 1. The van der Waals surface area contributed by atoms with Crippen LogP contribution >= 0.6 is 0 Å². The van der Waals surface area contributed by atoms with Crippen LogP contribution in [0.4, 0.5) is 0 Å². The van der Waals surface area contributed by atoms with Gasteiger partial charge in [-0.3, -0.25) is 19.7 Å². The molecule has 1 fully saturated rings. The molecule has 1 saturated heterocycles. The summed E-state index contributed by atoms with van der Waals surface area (Å²) in [6, 6.07) is 8.54. The van der Waals surface area contributed by atoms with Crippen molar-refractivity contribution in [3.05, 3.63) is 35.9 Å². The van der Waals surface area contributed by atoms with E-state index in [0.29, 0.717) is 19.3 Å². The zero-order valence-corrected chi connectivity index (χ0v) is 10.3. The van der Waals surface area contributed by atoms with Gasteiger partial charge in [0.15, 0.2) is 0 Å². The molecule has 0 bridgehead atoms. The van der Waals surface area contributed by atoms with Crippen molar-refractivity contribution in [1.82, 2.24) is 5.32 Å². The summed E-state index contributed by atoms with van der Waals surface area (Å²) in [6.45, 7) is 0. The third-order valence-corrected chi connectivity index (χ3v) is 2.47. The molecule has 6 heteroatoms. The monoisotopic (exact) mass is 264 g/mol. The molecule has 0 aromatic heterocycles. The summed E-state index contributed by atoms with van der Waals surface area (Å²) < 4.78 is 0. The number of benzene rings is 1. The van der Waals surface area contributed by atoms with Crippen LogP contribution in [0.15, 0.2) is 30.3 Å². The molecule has 0 radical (unpaired) electrons. The van der Waals surface area contributed by atoms with E-state index in [2.05, 4.69) is 5.32 Å². The summed E-state index contributed by atoms with van der Waals surface area (Å²) >= 11 is 0. The third-order valence-electron chi connectivity index (χ3n) is 2.47. The Labute approximate surface area is 110 Å². The number of carboxylic acid groups (broad SMARTS) is 1. The summed E-state index contributed by atoms with van der Waals surface area (Å²) in [5.74, 6) is -1.26. The van der Waals surface area contributed by atoms with Crippen LogP contribution in [0.3, 0.4) is 0 Å². The van der Waals surface area contributed by atoms with Gasteiger partial charge < -0.3 is 10.8 Å². The fraction of sp³-hybridized carbons (Fsp3) is 0.308. The number of nitrogens with two attached hydrogens (primary N) is 1. The molecule has 1 aromatic carbocycles. The molecular weight excluding hydrogens is 248 g/mol. The van der Waals surface area contributed by atoms with E-state index in [9.17, 15) is 14.4 Å². The van der Waals surface area contributed by atoms with Crippen molar-refractivity contribution in [2.24, 2.45) is 5.73 Å².